The number of likely N-dealkylation sites (N-methyl/N-ethyl adjacent to an activating group) is 1. The summed E-state index contributed by atoms with van der Waals surface area (Å²) in [5.41, 5.74) is 2.11. The predicted octanol–water partition coefficient (Wildman–Crippen LogP) is 4.44. The Morgan fingerprint density at radius 2 is 1.74 bits per heavy atom. The number of hydrogen-bond acceptors (Lipinski definition) is 8. The van der Waals surface area contributed by atoms with Gasteiger partial charge in [0.15, 0.2) is 11.5 Å². The van der Waals surface area contributed by atoms with Crippen molar-refractivity contribution in [3.8, 4) is 11.5 Å². The number of anilines is 4. The van der Waals surface area contributed by atoms with Crippen molar-refractivity contribution in [3.05, 3.63) is 60.0 Å². The lowest BCUT2D eigenvalue weighted by atomic mass is 10.2. The number of hydrogen-bond donors (Lipinski definition) is 2. The molecule has 1 fully saturated rings. The molecule has 0 spiro atoms. The summed E-state index contributed by atoms with van der Waals surface area (Å²) in [5.74, 6) is 2.14. The lowest BCUT2D eigenvalue weighted by Crippen LogP contribution is -2.44. The van der Waals surface area contributed by atoms with Gasteiger partial charge in [-0.15, -0.1) is 0 Å². The highest BCUT2D eigenvalue weighted by Crippen LogP contribution is 2.31. The quantitative estimate of drug-likeness (QED) is 0.413. The van der Waals surface area contributed by atoms with E-state index in [0.29, 0.717) is 35.4 Å². The van der Waals surface area contributed by atoms with Gasteiger partial charge in [-0.05, 0) is 62.4 Å². The van der Waals surface area contributed by atoms with Gasteiger partial charge in [-0.1, -0.05) is 0 Å². The number of halogens is 1. The molecule has 0 radical (unpaired) electrons. The van der Waals surface area contributed by atoms with Gasteiger partial charge in [0, 0.05) is 56.4 Å². The second kappa shape index (κ2) is 11.8. The average Bonchev–Trinajstić information content (AvgIpc) is 2.86. The summed E-state index contributed by atoms with van der Waals surface area (Å²) in [7, 11) is 3.80. The van der Waals surface area contributed by atoms with E-state index in [-0.39, 0.29) is 5.82 Å². The van der Waals surface area contributed by atoms with Crippen LogP contribution in [0.2, 0.25) is 0 Å². The molecule has 0 aliphatic carbocycles. The van der Waals surface area contributed by atoms with E-state index in [2.05, 4.69) is 37.4 Å². The van der Waals surface area contributed by atoms with Gasteiger partial charge in [0.05, 0.1) is 13.7 Å². The molecule has 1 aliphatic heterocycles. The topological polar surface area (TPSA) is 74.8 Å². The van der Waals surface area contributed by atoms with Gasteiger partial charge in [0.25, 0.3) is 0 Å². The van der Waals surface area contributed by atoms with Crippen molar-refractivity contribution < 1.29 is 13.9 Å². The van der Waals surface area contributed by atoms with E-state index in [1.807, 2.05) is 18.2 Å². The lowest BCUT2D eigenvalue weighted by molar-refractivity contribution is 0.145. The molecule has 8 nitrogen and oxygen atoms in total. The van der Waals surface area contributed by atoms with E-state index in [1.165, 1.54) is 6.07 Å². The minimum Gasteiger partial charge on any atom is -0.493 e. The smallest absolute Gasteiger partial charge is 0.229 e. The van der Waals surface area contributed by atoms with Crippen LogP contribution in [-0.2, 0) is 0 Å². The molecule has 0 unspecified atom stereocenters. The summed E-state index contributed by atoms with van der Waals surface area (Å²) in [6, 6.07) is 12.2. The SMILES string of the molecule is COc1ccc(Nc2nccc(Nc3ccc(F)c(C)c3)n2)cc1OCCCN1CCN(C)CC1. The van der Waals surface area contributed by atoms with E-state index >= 15 is 0 Å². The van der Waals surface area contributed by atoms with Gasteiger partial charge in [-0.2, -0.15) is 4.98 Å². The number of piperazine rings is 1. The first kappa shape index (κ1) is 24.7. The fourth-order valence-corrected chi connectivity index (χ4v) is 3.90. The number of nitrogens with one attached hydrogen (secondary N) is 2. The van der Waals surface area contributed by atoms with Crippen molar-refractivity contribution in [1.29, 1.82) is 0 Å². The zero-order valence-corrected chi connectivity index (χ0v) is 20.6. The first-order valence-electron chi connectivity index (χ1n) is 11.8. The Morgan fingerprint density at radius 1 is 0.971 bits per heavy atom. The first-order chi connectivity index (χ1) is 17.0. The number of aromatic nitrogens is 2. The Balaban J connectivity index is 1.35. The van der Waals surface area contributed by atoms with Crippen LogP contribution in [-0.4, -0.2) is 73.3 Å². The highest BCUT2D eigenvalue weighted by Gasteiger charge is 2.13. The predicted molar refractivity (Wildman–Crippen MR) is 137 cm³/mol. The number of ether oxygens (including phenoxy) is 2. The van der Waals surface area contributed by atoms with Gasteiger partial charge in [-0.3, -0.25) is 0 Å². The Morgan fingerprint density at radius 3 is 2.51 bits per heavy atom. The van der Waals surface area contributed by atoms with Crippen molar-refractivity contribution in [3.63, 3.8) is 0 Å². The van der Waals surface area contributed by atoms with E-state index in [0.717, 1.165) is 50.5 Å². The Kier molecular flexibility index (Phi) is 8.33. The van der Waals surface area contributed by atoms with Crippen molar-refractivity contribution in [2.45, 2.75) is 13.3 Å². The van der Waals surface area contributed by atoms with Crippen LogP contribution < -0.4 is 20.1 Å². The number of nitrogens with zero attached hydrogens (tertiary/aromatic N) is 4. The number of rotatable bonds is 10. The maximum Gasteiger partial charge on any atom is 0.229 e. The average molecular weight is 481 g/mol. The summed E-state index contributed by atoms with van der Waals surface area (Å²) >= 11 is 0. The lowest BCUT2D eigenvalue weighted by Gasteiger charge is -2.32. The summed E-state index contributed by atoms with van der Waals surface area (Å²) in [6.45, 7) is 7.80. The fraction of sp³-hybridized carbons (Fsp3) is 0.385. The van der Waals surface area contributed by atoms with Gasteiger partial charge in [0.1, 0.15) is 11.6 Å². The van der Waals surface area contributed by atoms with Crippen LogP contribution in [0.3, 0.4) is 0 Å². The molecular weight excluding hydrogens is 447 g/mol. The molecule has 0 bridgehead atoms. The van der Waals surface area contributed by atoms with E-state index in [1.54, 1.807) is 38.4 Å². The van der Waals surface area contributed by atoms with Crippen LogP contribution in [0.5, 0.6) is 11.5 Å². The number of methoxy groups -OCH3 is 1. The standard InChI is InChI=1S/C26H33FN6O2/c1-19-17-20(5-7-22(19)27)29-25-9-10-28-26(31-25)30-21-6-8-23(34-3)24(18-21)35-16-4-11-33-14-12-32(2)13-15-33/h5-10,17-18H,4,11-16H2,1-3H3,(H2,28,29,30,31). The maximum absolute atomic E-state index is 13.5. The maximum atomic E-state index is 13.5. The van der Waals surface area contributed by atoms with Crippen LogP contribution in [0.1, 0.15) is 12.0 Å². The third kappa shape index (κ3) is 7.03. The van der Waals surface area contributed by atoms with Crippen molar-refractivity contribution in [1.82, 2.24) is 19.8 Å². The second-order valence-electron chi connectivity index (χ2n) is 8.69. The Labute approximate surface area is 206 Å². The minimum absolute atomic E-state index is 0.238. The molecule has 1 saturated heterocycles. The van der Waals surface area contributed by atoms with Gasteiger partial charge in [0.2, 0.25) is 5.95 Å². The zero-order chi connectivity index (χ0) is 24.6. The highest BCUT2D eigenvalue weighted by atomic mass is 19.1. The molecular formula is C26H33FN6O2. The normalized spacial score (nSPS) is 14.5. The monoisotopic (exact) mass is 480 g/mol. The second-order valence-corrected chi connectivity index (χ2v) is 8.69. The van der Waals surface area contributed by atoms with Crippen molar-refractivity contribution in [2.75, 3.05) is 64.1 Å². The number of benzene rings is 2. The van der Waals surface area contributed by atoms with Crippen molar-refractivity contribution in [2.24, 2.45) is 0 Å². The summed E-state index contributed by atoms with van der Waals surface area (Å²) < 4.78 is 25.1. The summed E-state index contributed by atoms with van der Waals surface area (Å²) in [4.78, 5) is 13.7. The highest BCUT2D eigenvalue weighted by molar-refractivity contribution is 5.62. The third-order valence-electron chi connectivity index (χ3n) is 5.98. The van der Waals surface area contributed by atoms with Crippen LogP contribution in [0.4, 0.5) is 27.5 Å². The Bertz CT molecular complexity index is 1120. The molecule has 0 atom stereocenters. The number of aryl methyl sites for hydroxylation is 1. The van der Waals surface area contributed by atoms with Crippen LogP contribution in [0.15, 0.2) is 48.7 Å². The summed E-state index contributed by atoms with van der Waals surface area (Å²) in [6.07, 6.45) is 2.61. The van der Waals surface area contributed by atoms with Crippen LogP contribution >= 0.6 is 0 Å². The minimum atomic E-state index is -0.238. The molecule has 1 aromatic heterocycles. The molecule has 3 aromatic rings. The molecule has 9 heteroatoms. The van der Waals surface area contributed by atoms with Gasteiger partial charge < -0.3 is 29.9 Å². The zero-order valence-electron chi connectivity index (χ0n) is 20.6. The molecule has 2 aromatic carbocycles. The third-order valence-corrected chi connectivity index (χ3v) is 5.98. The molecule has 0 saturated carbocycles. The summed E-state index contributed by atoms with van der Waals surface area (Å²) in [5, 5.41) is 6.40. The fourth-order valence-electron chi connectivity index (χ4n) is 3.90. The Hall–Kier alpha value is -3.43. The molecule has 0 amide bonds. The van der Waals surface area contributed by atoms with Gasteiger partial charge in [-0.25, -0.2) is 9.37 Å². The van der Waals surface area contributed by atoms with Crippen molar-refractivity contribution >= 4 is 23.1 Å². The van der Waals surface area contributed by atoms with Crippen LogP contribution in [0.25, 0.3) is 0 Å². The molecule has 4 rings (SSSR count). The first-order valence-corrected chi connectivity index (χ1v) is 11.8. The van der Waals surface area contributed by atoms with E-state index in [4.69, 9.17) is 9.47 Å². The van der Waals surface area contributed by atoms with Gasteiger partial charge >= 0.3 is 0 Å². The molecule has 35 heavy (non-hydrogen) atoms. The van der Waals surface area contributed by atoms with E-state index in [9.17, 15) is 4.39 Å². The molecule has 1 aliphatic rings. The molecule has 186 valence electrons. The molecule has 2 heterocycles. The largest absolute Gasteiger partial charge is 0.493 e. The van der Waals surface area contributed by atoms with Crippen LogP contribution in [0, 0.1) is 12.7 Å². The molecule has 2 N–H and O–H groups in total. The van der Waals surface area contributed by atoms with E-state index < -0.39 is 0 Å².